The highest BCUT2D eigenvalue weighted by atomic mass is 16.2. The summed E-state index contributed by atoms with van der Waals surface area (Å²) < 4.78 is 0. The number of anilines is 1. The van der Waals surface area contributed by atoms with Gasteiger partial charge in [-0.3, -0.25) is 14.4 Å². The van der Waals surface area contributed by atoms with Crippen molar-refractivity contribution in [3.63, 3.8) is 0 Å². The number of amides is 2. The lowest BCUT2D eigenvalue weighted by Crippen LogP contribution is -2.40. The first kappa shape index (κ1) is 21.9. The first-order chi connectivity index (χ1) is 17.9. The van der Waals surface area contributed by atoms with Crippen molar-refractivity contribution in [3.05, 3.63) is 114 Å². The lowest BCUT2D eigenvalue weighted by Gasteiger charge is -2.35. The third-order valence-corrected chi connectivity index (χ3v) is 8.90. The molecule has 4 nitrogen and oxygen atoms in total. The molecule has 37 heavy (non-hydrogen) atoms. The molecule has 1 heterocycles. The molecule has 4 aromatic rings. The zero-order chi connectivity index (χ0) is 25.5. The van der Waals surface area contributed by atoms with Gasteiger partial charge >= 0.3 is 0 Å². The molecule has 1 saturated heterocycles. The van der Waals surface area contributed by atoms with Gasteiger partial charge in [-0.1, -0.05) is 91.0 Å². The van der Waals surface area contributed by atoms with Gasteiger partial charge in [0.1, 0.15) is 0 Å². The van der Waals surface area contributed by atoms with Crippen LogP contribution in [-0.4, -0.2) is 17.6 Å². The fourth-order valence-corrected chi connectivity index (χ4v) is 7.38. The van der Waals surface area contributed by atoms with Crippen molar-refractivity contribution >= 4 is 45.2 Å². The van der Waals surface area contributed by atoms with Crippen molar-refractivity contribution in [2.45, 2.75) is 13.8 Å². The first-order valence-electron chi connectivity index (χ1n) is 12.7. The van der Waals surface area contributed by atoms with Crippen LogP contribution in [0.1, 0.15) is 25.0 Å². The van der Waals surface area contributed by atoms with Gasteiger partial charge in [0.15, 0.2) is 5.78 Å². The van der Waals surface area contributed by atoms with E-state index < -0.39 is 22.7 Å². The Balaban J connectivity index is 1.46. The number of benzene rings is 4. The minimum Gasteiger partial charge on any atom is -0.298 e. The van der Waals surface area contributed by atoms with Gasteiger partial charge in [0, 0.05) is 0 Å². The Morgan fingerprint density at radius 3 is 1.54 bits per heavy atom. The number of carbonyl (C=O) groups is 3. The minimum absolute atomic E-state index is 0.0347. The number of hydrogen-bond donors (Lipinski definition) is 0. The van der Waals surface area contributed by atoms with Crippen LogP contribution in [0.4, 0.5) is 5.69 Å². The molecule has 4 atom stereocenters. The standard InChI is InChI=1S/C33H25NO3/c1-32-25(21-12-5-3-6-13-21)26(22-14-7-4-8-15-22)33(2,31(32)37)28-27(32)29(35)34(30(28)36)24-18-17-20-11-9-10-16-23(20)19-24/h3-19,27-28H,1-2H3/t27-,28+,32-,33+. The molecule has 4 heteroatoms. The summed E-state index contributed by atoms with van der Waals surface area (Å²) in [5.74, 6) is -2.10. The Bertz CT molecular complexity index is 1590. The highest BCUT2D eigenvalue weighted by Gasteiger charge is 2.78. The Hall–Kier alpha value is -4.31. The number of ketones is 1. The van der Waals surface area contributed by atoms with Crippen LogP contribution in [0, 0.1) is 22.7 Å². The molecule has 0 radical (unpaired) electrons. The highest BCUT2D eigenvalue weighted by Crippen LogP contribution is 2.73. The van der Waals surface area contributed by atoms with Crippen LogP contribution in [0.5, 0.6) is 0 Å². The summed E-state index contributed by atoms with van der Waals surface area (Å²) in [7, 11) is 0. The summed E-state index contributed by atoms with van der Waals surface area (Å²) in [6.07, 6.45) is 0. The van der Waals surface area contributed by atoms with E-state index in [1.54, 1.807) is 0 Å². The predicted molar refractivity (Wildman–Crippen MR) is 144 cm³/mol. The molecule has 4 aromatic carbocycles. The van der Waals surface area contributed by atoms with Crippen molar-refractivity contribution in [1.82, 2.24) is 0 Å². The number of nitrogens with zero attached hydrogens (tertiary/aromatic N) is 1. The van der Waals surface area contributed by atoms with Gasteiger partial charge in [0.2, 0.25) is 11.8 Å². The number of allylic oxidation sites excluding steroid dienone is 2. The number of imide groups is 1. The minimum atomic E-state index is -1.11. The second-order valence-electron chi connectivity index (χ2n) is 10.7. The van der Waals surface area contributed by atoms with E-state index in [9.17, 15) is 14.4 Å². The Kier molecular flexibility index (Phi) is 4.36. The van der Waals surface area contributed by atoms with Crippen molar-refractivity contribution in [1.29, 1.82) is 0 Å². The molecule has 0 spiro atoms. The number of rotatable bonds is 3. The maximum absolute atomic E-state index is 14.3. The number of fused-ring (bicyclic) bond motifs is 6. The van der Waals surface area contributed by atoms with Gasteiger partial charge in [-0.15, -0.1) is 0 Å². The molecule has 1 aliphatic heterocycles. The molecule has 0 aromatic heterocycles. The number of hydrogen-bond acceptors (Lipinski definition) is 3. The van der Waals surface area contributed by atoms with Crippen LogP contribution in [0.25, 0.3) is 21.9 Å². The van der Waals surface area contributed by atoms with E-state index in [-0.39, 0.29) is 17.6 Å². The van der Waals surface area contributed by atoms with Crippen LogP contribution in [0.2, 0.25) is 0 Å². The fraction of sp³-hybridized carbons (Fsp3) is 0.182. The Morgan fingerprint density at radius 2 is 1.03 bits per heavy atom. The van der Waals surface area contributed by atoms with Crippen molar-refractivity contribution in [3.8, 4) is 0 Å². The van der Waals surface area contributed by atoms with Crippen LogP contribution < -0.4 is 4.90 Å². The Labute approximate surface area is 215 Å². The van der Waals surface area contributed by atoms with Gasteiger partial charge in [-0.05, 0) is 59.0 Å². The highest BCUT2D eigenvalue weighted by molar-refractivity contribution is 6.34. The van der Waals surface area contributed by atoms with E-state index >= 15 is 0 Å². The first-order valence-corrected chi connectivity index (χ1v) is 12.7. The molecule has 2 amide bonds. The zero-order valence-corrected chi connectivity index (χ0v) is 20.6. The van der Waals surface area contributed by atoms with Crippen molar-refractivity contribution in [2.75, 3.05) is 4.90 Å². The van der Waals surface area contributed by atoms with E-state index in [1.807, 2.05) is 117 Å². The van der Waals surface area contributed by atoms with E-state index in [0.29, 0.717) is 5.69 Å². The van der Waals surface area contributed by atoms with Crippen LogP contribution in [0.3, 0.4) is 0 Å². The summed E-state index contributed by atoms with van der Waals surface area (Å²) in [5.41, 5.74) is 1.93. The lowest BCUT2D eigenvalue weighted by atomic mass is 9.63. The van der Waals surface area contributed by atoms with Gasteiger partial charge in [-0.2, -0.15) is 0 Å². The summed E-state index contributed by atoms with van der Waals surface area (Å²) in [6.45, 7) is 3.76. The van der Waals surface area contributed by atoms with Gasteiger partial charge < -0.3 is 0 Å². The maximum Gasteiger partial charge on any atom is 0.239 e. The van der Waals surface area contributed by atoms with Crippen molar-refractivity contribution in [2.24, 2.45) is 22.7 Å². The number of Topliss-reactive ketones (excluding diaryl/α,β-unsaturated/α-hetero) is 1. The van der Waals surface area contributed by atoms with Crippen molar-refractivity contribution < 1.29 is 14.4 Å². The van der Waals surface area contributed by atoms with E-state index in [1.165, 1.54) is 4.90 Å². The molecule has 0 unspecified atom stereocenters. The molecule has 2 aliphatic carbocycles. The van der Waals surface area contributed by atoms with Crippen LogP contribution >= 0.6 is 0 Å². The summed E-state index contributed by atoms with van der Waals surface area (Å²) in [6, 6.07) is 33.2. The second kappa shape index (κ2) is 7.36. The molecule has 1 saturated carbocycles. The third kappa shape index (κ3) is 2.60. The molecule has 2 fully saturated rings. The predicted octanol–water partition coefficient (Wildman–Crippen LogP) is 6.17. The normalized spacial score (nSPS) is 28.5. The molecular formula is C33H25NO3. The SMILES string of the molecule is C[C@]12C(=O)[C@](C)(C(c3ccccc3)=C1c1ccccc1)[C@H]1C(=O)N(c3ccc4ccccc4c3)C(=O)[C@H]12. The lowest BCUT2D eigenvalue weighted by molar-refractivity contribution is -0.133. The van der Waals surface area contributed by atoms with Crippen LogP contribution in [-0.2, 0) is 14.4 Å². The molecule has 3 aliphatic rings. The molecular weight excluding hydrogens is 458 g/mol. The van der Waals surface area contributed by atoms with Gasteiger partial charge in [-0.25, -0.2) is 4.90 Å². The summed E-state index contributed by atoms with van der Waals surface area (Å²) in [4.78, 5) is 44.0. The largest absolute Gasteiger partial charge is 0.298 e. The quantitative estimate of drug-likeness (QED) is 0.328. The van der Waals surface area contributed by atoms with E-state index in [4.69, 9.17) is 0 Å². The topological polar surface area (TPSA) is 54.5 Å². The monoisotopic (exact) mass is 483 g/mol. The smallest absolute Gasteiger partial charge is 0.239 e. The van der Waals surface area contributed by atoms with E-state index in [0.717, 1.165) is 33.0 Å². The summed E-state index contributed by atoms with van der Waals surface area (Å²) in [5, 5.41) is 2.00. The Morgan fingerprint density at radius 1 is 0.568 bits per heavy atom. The molecule has 0 N–H and O–H groups in total. The third-order valence-electron chi connectivity index (χ3n) is 8.90. The zero-order valence-electron chi connectivity index (χ0n) is 20.6. The van der Waals surface area contributed by atoms with E-state index in [2.05, 4.69) is 0 Å². The van der Waals surface area contributed by atoms with Crippen LogP contribution in [0.15, 0.2) is 103 Å². The molecule has 2 bridgehead atoms. The molecule has 180 valence electrons. The summed E-state index contributed by atoms with van der Waals surface area (Å²) >= 11 is 0. The molecule has 7 rings (SSSR count). The fourth-order valence-electron chi connectivity index (χ4n) is 7.38. The second-order valence-corrected chi connectivity index (χ2v) is 10.7. The van der Waals surface area contributed by atoms with Gasteiger partial charge in [0.05, 0.1) is 28.4 Å². The number of carbonyl (C=O) groups excluding carboxylic acids is 3. The van der Waals surface area contributed by atoms with Gasteiger partial charge in [0.25, 0.3) is 0 Å². The average Bonchev–Trinajstić information content (AvgIpc) is 3.38. The maximum atomic E-state index is 14.3. The average molecular weight is 484 g/mol.